The Labute approximate surface area is 169 Å². The minimum atomic E-state index is -3.69. The fraction of sp³-hybridized carbons (Fsp3) is 0.263. The molecular formula is C19H23N5O4S. The van der Waals surface area contributed by atoms with Crippen molar-refractivity contribution in [3.8, 4) is 11.5 Å². The van der Waals surface area contributed by atoms with Crippen molar-refractivity contribution in [3.05, 3.63) is 36.7 Å². The molecule has 0 spiro atoms. The van der Waals surface area contributed by atoms with Crippen LogP contribution in [0.5, 0.6) is 11.5 Å². The highest BCUT2D eigenvalue weighted by Gasteiger charge is 2.19. The van der Waals surface area contributed by atoms with Gasteiger partial charge in [-0.1, -0.05) is 0 Å². The van der Waals surface area contributed by atoms with E-state index in [2.05, 4.69) is 20.0 Å². The van der Waals surface area contributed by atoms with Gasteiger partial charge in [-0.25, -0.2) is 23.1 Å². The summed E-state index contributed by atoms with van der Waals surface area (Å²) in [6, 6.07) is 8.53. The maximum absolute atomic E-state index is 12.5. The van der Waals surface area contributed by atoms with E-state index in [9.17, 15) is 8.42 Å². The Morgan fingerprint density at radius 3 is 2.31 bits per heavy atom. The number of hydrogen-bond acceptors (Lipinski definition) is 8. The lowest BCUT2D eigenvalue weighted by Gasteiger charge is -2.18. The summed E-state index contributed by atoms with van der Waals surface area (Å²) in [6.45, 7) is 0. The molecule has 0 bridgehead atoms. The molecule has 0 atom stereocenters. The Bertz CT molecular complexity index is 1150. The molecule has 0 radical (unpaired) electrons. The van der Waals surface area contributed by atoms with Crippen molar-refractivity contribution < 1.29 is 17.9 Å². The molecule has 0 aliphatic carbocycles. The van der Waals surface area contributed by atoms with Crippen molar-refractivity contribution in [1.29, 1.82) is 0 Å². The minimum absolute atomic E-state index is 0.109. The molecule has 0 amide bonds. The molecule has 2 N–H and O–H groups in total. The molecule has 0 aliphatic heterocycles. The van der Waals surface area contributed by atoms with E-state index in [4.69, 9.17) is 9.47 Å². The lowest BCUT2D eigenvalue weighted by Crippen LogP contribution is -2.20. The van der Waals surface area contributed by atoms with Crippen LogP contribution in [0.25, 0.3) is 10.9 Å². The van der Waals surface area contributed by atoms with Gasteiger partial charge >= 0.3 is 0 Å². The number of benzene rings is 2. The van der Waals surface area contributed by atoms with Gasteiger partial charge in [0.1, 0.15) is 17.0 Å². The molecule has 1 aromatic heterocycles. The molecule has 29 heavy (non-hydrogen) atoms. The fourth-order valence-electron chi connectivity index (χ4n) is 2.85. The van der Waals surface area contributed by atoms with Crippen LogP contribution in [-0.2, 0) is 10.0 Å². The third kappa shape index (κ3) is 4.03. The number of methoxy groups -OCH3 is 2. The minimum Gasteiger partial charge on any atom is -0.493 e. The number of nitrogens with zero attached hydrogens (tertiary/aromatic N) is 3. The summed E-state index contributed by atoms with van der Waals surface area (Å²) in [5.74, 6) is 1.50. The second-order valence-corrected chi connectivity index (χ2v) is 8.21. The van der Waals surface area contributed by atoms with E-state index in [-0.39, 0.29) is 4.90 Å². The van der Waals surface area contributed by atoms with Crippen molar-refractivity contribution in [2.24, 2.45) is 0 Å². The first kappa shape index (κ1) is 20.6. The third-order valence-electron chi connectivity index (χ3n) is 4.43. The molecule has 10 heteroatoms. The second kappa shape index (κ2) is 8.10. The molecule has 3 rings (SSSR count). The van der Waals surface area contributed by atoms with Gasteiger partial charge in [-0.05, 0) is 31.3 Å². The lowest BCUT2D eigenvalue weighted by atomic mass is 10.2. The van der Waals surface area contributed by atoms with Crippen molar-refractivity contribution >= 4 is 38.1 Å². The Balaban J connectivity index is 2.19. The first-order valence-corrected chi connectivity index (χ1v) is 10.2. The van der Waals surface area contributed by atoms with Gasteiger partial charge in [0.05, 0.1) is 25.4 Å². The van der Waals surface area contributed by atoms with Crippen LogP contribution < -0.4 is 24.4 Å². The van der Waals surface area contributed by atoms with E-state index in [1.165, 1.54) is 13.4 Å². The molecule has 0 unspecified atom stereocenters. The van der Waals surface area contributed by atoms with Gasteiger partial charge in [0.15, 0.2) is 11.5 Å². The van der Waals surface area contributed by atoms with Gasteiger partial charge in [-0.2, -0.15) is 0 Å². The smallest absolute Gasteiger partial charge is 0.242 e. The molecular weight excluding hydrogens is 394 g/mol. The number of sulfonamides is 1. The molecule has 9 nitrogen and oxygen atoms in total. The van der Waals surface area contributed by atoms with E-state index in [1.54, 1.807) is 44.6 Å². The zero-order chi connectivity index (χ0) is 21.2. The summed E-state index contributed by atoms with van der Waals surface area (Å²) in [4.78, 5) is 10.6. The van der Waals surface area contributed by atoms with Crippen LogP contribution in [0.1, 0.15) is 0 Å². The zero-order valence-corrected chi connectivity index (χ0v) is 17.7. The third-order valence-corrected chi connectivity index (χ3v) is 5.90. The molecule has 154 valence electrons. The van der Waals surface area contributed by atoms with Crippen LogP contribution >= 0.6 is 0 Å². The molecule has 3 aromatic rings. The molecule has 0 saturated carbocycles. The fourth-order valence-corrected chi connectivity index (χ4v) is 3.71. The topological polar surface area (TPSA) is 106 Å². The maximum atomic E-state index is 12.5. The number of rotatable bonds is 7. The second-order valence-electron chi connectivity index (χ2n) is 6.35. The number of ether oxygens (including phenoxy) is 2. The quantitative estimate of drug-likeness (QED) is 0.604. The molecule has 0 saturated heterocycles. The van der Waals surface area contributed by atoms with Gasteiger partial charge in [0.2, 0.25) is 10.0 Å². The van der Waals surface area contributed by atoms with E-state index in [0.29, 0.717) is 33.9 Å². The highest BCUT2D eigenvalue weighted by molar-refractivity contribution is 7.89. The van der Waals surface area contributed by atoms with Crippen molar-refractivity contribution in [2.75, 3.05) is 45.6 Å². The summed E-state index contributed by atoms with van der Waals surface area (Å²) < 4.78 is 38.1. The molecule has 1 heterocycles. The molecule has 2 aromatic carbocycles. The normalized spacial score (nSPS) is 11.3. The number of fused-ring (bicyclic) bond motifs is 1. The van der Waals surface area contributed by atoms with E-state index in [1.807, 2.05) is 19.0 Å². The Hall–Kier alpha value is -3.11. The highest BCUT2D eigenvalue weighted by Crippen LogP contribution is 2.36. The zero-order valence-electron chi connectivity index (χ0n) is 16.8. The summed E-state index contributed by atoms with van der Waals surface area (Å²) >= 11 is 0. The van der Waals surface area contributed by atoms with E-state index in [0.717, 1.165) is 5.69 Å². The van der Waals surface area contributed by atoms with Crippen molar-refractivity contribution in [1.82, 2.24) is 14.7 Å². The van der Waals surface area contributed by atoms with E-state index >= 15 is 0 Å². The van der Waals surface area contributed by atoms with Crippen LogP contribution in [0.15, 0.2) is 41.6 Å². The van der Waals surface area contributed by atoms with Crippen LogP contribution in [0.2, 0.25) is 0 Å². The van der Waals surface area contributed by atoms with Gasteiger partial charge in [0.25, 0.3) is 0 Å². The standard InChI is InChI=1S/C19H23N5O4S/c1-20-29(25,26)18-7-6-12(24(2)3)8-15(18)23-19-13-9-16(27-4)17(28-5)10-14(13)21-11-22-19/h6-11,20H,1-5H3,(H,21,22,23). The number of anilines is 3. The summed E-state index contributed by atoms with van der Waals surface area (Å²) in [5, 5.41) is 3.81. The average Bonchev–Trinajstić information content (AvgIpc) is 2.72. The molecule has 0 aliphatic rings. The maximum Gasteiger partial charge on any atom is 0.242 e. The molecule has 0 fully saturated rings. The first-order valence-electron chi connectivity index (χ1n) is 8.69. The highest BCUT2D eigenvalue weighted by atomic mass is 32.2. The number of hydrogen-bond donors (Lipinski definition) is 2. The monoisotopic (exact) mass is 417 g/mol. The lowest BCUT2D eigenvalue weighted by molar-refractivity contribution is 0.356. The summed E-state index contributed by atoms with van der Waals surface area (Å²) in [7, 11) is 4.53. The van der Waals surface area contributed by atoms with Crippen molar-refractivity contribution in [2.45, 2.75) is 4.90 Å². The average molecular weight is 417 g/mol. The Morgan fingerprint density at radius 2 is 1.69 bits per heavy atom. The first-order chi connectivity index (χ1) is 13.8. The van der Waals surface area contributed by atoms with Gasteiger partial charge in [0, 0.05) is 31.2 Å². The van der Waals surface area contributed by atoms with E-state index < -0.39 is 10.0 Å². The largest absolute Gasteiger partial charge is 0.493 e. The van der Waals surface area contributed by atoms with Crippen LogP contribution in [0.3, 0.4) is 0 Å². The van der Waals surface area contributed by atoms with Crippen LogP contribution in [-0.4, -0.2) is 53.7 Å². The van der Waals surface area contributed by atoms with Crippen molar-refractivity contribution in [3.63, 3.8) is 0 Å². The Kier molecular flexibility index (Phi) is 5.76. The van der Waals surface area contributed by atoms with Crippen LogP contribution in [0.4, 0.5) is 17.2 Å². The predicted molar refractivity (Wildman–Crippen MR) is 113 cm³/mol. The predicted octanol–water partition coefficient (Wildman–Crippen LogP) is 2.36. The SMILES string of the molecule is CNS(=O)(=O)c1ccc(N(C)C)cc1Nc1ncnc2cc(OC)c(OC)cc12. The summed E-state index contributed by atoms with van der Waals surface area (Å²) in [6.07, 6.45) is 1.40. The van der Waals surface area contributed by atoms with Gasteiger partial charge < -0.3 is 19.7 Å². The number of aromatic nitrogens is 2. The Morgan fingerprint density at radius 1 is 1.00 bits per heavy atom. The van der Waals surface area contributed by atoms with Crippen LogP contribution in [0, 0.1) is 0 Å². The van der Waals surface area contributed by atoms with Gasteiger partial charge in [-0.3, -0.25) is 0 Å². The summed E-state index contributed by atoms with van der Waals surface area (Å²) in [5.41, 5.74) is 1.85. The van der Waals surface area contributed by atoms with Gasteiger partial charge in [-0.15, -0.1) is 0 Å². The number of nitrogens with one attached hydrogen (secondary N) is 2.